The van der Waals surface area contributed by atoms with E-state index in [-0.39, 0.29) is 0 Å². The summed E-state index contributed by atoms with van der Waals surface area (Å²) in [6, 6.07) is 0. The van der Waals surface area contributed by atoms with Crippen molar-refractivity contribution in [1.29, 1.82) is 0 Å². The number of ether oxygens (including phenoxy) is 1. The van der Waals surface area contributed by atoms with Gasteiger partial charge in [0.1, 0.15) is 0 Å². The van der Waals surface area contributed by atoms with E-state index >= 15 is 0 Å². The largest absolute Gasteiger partial charge is 0.381 e. The second-order valence-electron chi connectivity index (χ2n) is 2.20. The van der Waals surface area contributed by atoms with Crippen molar-refractivity contribution in [3.8, 4) is 0 Å². The summed E-state index contributed by atoms with van der Waals surface area (Å²) in [5.74, 6) is 1.11. The standard InChI is InChI=1S/C7H14N2O/c1-2-10-6-3-7-8-4-5-9-7/h2-6H2,1H3,(H,8,9). The summed E-state index contributed by atoms with van der Waals surface area (Å²) >= 11 is 0. The van der Waals surface area contributed by atoms with E-state index in [2.05, 4.69) is 10.3 Å². The molecule has 0 fully saturated rings. The van der Waals surface area contributed by atoms with Crippen LogP contribution < -0.4 is 5.32 Å². The number of aliphatic imine (C=N–C) groups is 1. The van der Waals surface area contributed by atoms with E-state index in [9.17, 15) is 0 Å². The molecule has 1 aliphatic heterocycles. The van der Waals surface area contributed by atoms with Crippen molar-refractivity contribution in [2.75, 3.05) is 26.3 Å². The zero-order valence-corrected chi connectivity index (χ0v) is 6.39. The van der Waals surface area contributed by atoms with Crippen molar-refractivity contribution in [3.05, 3.63) is 0 Å². The monoisotopic (exact) mass is 142 g/mol. The first-order valence-corrected chi connectivity index (χ1v) is 3.78. The van der Waals surface area contributed by atoms with Crippen LogP contribution in [0.5, 0.6) is 0 Å². The maximum atomic E-state index is 5.17. The fourth-order valence-corrected chi connectivity index (χ4v) is 0.928. The Bertz CT molecular complexity index is 123. The van der Waals surface area contributed by atoms with Gasteiger partial charge in [0.15, 0.2) is 0 Å². The van der Waals surface area contributed by atoms with Crippen molar-refractivity contribution in [2.45, 2.75) is 13.3 Å². The summed E-state index contributed by atoms with van der Waals surface area (Å²) in [5, 5.41) is 3.19. The molecule has 0 atom stereocenters. The van der Waals surface area contributed by atoms with Gasteiger partial charge in [-0.3, -0.25) is 4.99 Å². The Morgan fingerprint density at radius 1 is 1.70 bits per heavy atom. The van der Waals surface area contributed by atoms with Crippen LogP contribution in [-0.2, 0) is 4.74 Å². The summed E-state index contributed by atoms with van der Waals surface area (Å²) < 4.78 is 5.17. The van der Waals surface area contributed by atoms with Gasteiger partial charge < -0.3 is 10.1 Å². The third-order valence-corrected chi connectivity index (χ3v) is 1.43. The van der Waals surface area contributed by atoms with E-state index in [1.54, 1.807) is 0 Å². The zero-order valence-electron chi connectivity index (χ0n) is 6.39. The van der Waals surface area contributed by atoms with E-state index in [4.69, 9.17) is 4.74 Å². The molecule has 1 rings (SSSR count). The van der Waals surface area contributed by atoms with Crippen LogP contribution in [0, 0.1) is 0 Å². The number of rotatable bonds is 4. The van der Waals surface area contributed by atoms with Crippen LogP contribution in [0.3, 0.4) is 0 Å². The van der Waals surface area contributed by atoms with Crippen LogP contribution in [0.1, 0.15) is 13.3 Å². The molecule has 0 unspecified atom stereocenters. The molecule has 0 radical (unpaired) electrons. The number of nitrogens with one attached hydrogen (secondary N) is 1. The van der Waals surface area contributed by atoms with Gasteiger partial charge >= 0.3 is 0 Å². The summed E-state index contributed by atoms with van der Waals surface area (Å²) in [5.41, 5.74) is 0. The van der Waals surface area contributed by atoms with Gasteiger partial charge in [-0.2, -0.15) is 0 Å². The molecule has 0 amide bonds. The lowest BCUT2D eigenvalue weighted by Gasteiger charge is -2.00. The highest BCUT2D eigenvalue weighted by Gasteiger charge is 2.02. The molecular weight excluding hydrogens is 128 g/mol. The average molecular weight is 142 g/mol. The number of hydrogen-bond acceptors (Lipinski definition) is 3. The highest BCUT2D eigenvalue weighted by atomic mass is 16.5. The molecule has 1 aliphatic rings. The van der Waals surface area contributed by atoms with Gasteiger partial charge in [0.2, 0.25) is 0 Å². The van der Waals surface area contributed by atoms with E-state index in [1.165, 1.54) is 0 Å². The Kier molecular flexibility index (Phi) is 3.22. The van der Waals surface area contributed by atoms with Gasteiger partial charge in [-0.25, -0.2) is 0 Å². The molecule has 0 aromatic rings. The van der Waals surface area contributed by atoms with Crippen LogP contribution in [0.25, 0.3) is 0 Å². The van der Waals surface area contributed by atoms with E-state index in [0.29, 0.717) is 0 Å². The maximum Gasteiger partial charge on any atom is 0.0987 e. The second kappa shape index (κ2) is 4.28. The molecular formula is C7H14N2O. The molecule has 0 bridgehead atoms. The predicted molar refractivity (Wildman–Crippen MR) is 41.4 cm³/mol. The van der Waals surface area contributed by atoms with Gasteiger partial charge in [-0.05, 0) is 6.92 Å². The average Bonchev–Trinajstić information content (AvgIpc) is 2.41. The SMILES string of the molecule is CCOCCC1=NCCN1. The van der Waals surface area contributed by atoms with Gasteiger partial charge in [0, 0.05) is 19.6 Å². The summed E-state index contributed by atoms with van der Waals surface area (Å²) in [6.07, 6.45) is 0.938. The van der Waals surface area contributed by atoms with E-state index in [1.807, 2.05) is 6.92 Å². The minimum atomic E-state index is 0.794. The molecule has 10 heavy (non-hydrogen) atoms. The van der Waals surface area contributed by atoms with Gasteiger partial charge in [0.05, 0.1) is 19.0 Å². The van der Waals surface area contributed by atoms with Crippen molar-refractivity contribution >= 4 is 5.84 Å². The second-order valence-corrected chi connectivity index (χ2v) is 2.20. The van der Waals surface area contributed by atoms with E-state index in [0.717, 1.165) is 38.6 Å². The summed E-state index contributed by atoms with van der Waals surface area (Å²) in [4.78, 5) is 4.23. The zero-order chi connectivity index (χ0) is 7.23. The Balaban J connectivity index is 2.01. The minimum Gasteiger partial charge on any atom is -0.381 e. The molecule has 1 heterocycles. The normalized spacial score (nSPS) is 16.7. The highest BCUT2D eigenvalue weighted by molar-refractivity contribution is 5.83. The molecule has 0 spiro atoms. The molecule has 0 saturated heterocycles. The van der Waals surface area contributed by atoms with Crippen molar-refractivity contribution < 1.29 is 4.74 Å². The molecule has 1 N–H and O–H groups in total. The number of nitrogens with zero attached hydrogens (tertiary/aromatic N) is 1. The lowest BCUT2D eigenvalue weighted by atomic mass is 10.4. The lowest BCUT2D eigenvalue weighted by Crippen LogP contribution is -2.19. The fourth-order valence-electron chi connectivity index (χ4n) is 0.928. The molecule has 3 nitrogen and oxygen atoms in total. The Morgan fingerprint density at radius 2 is 2.60 bits per heavy atom. The Labute approximate surface area is 61.5 Å². The molecule has 0 aromatic heterocycles. The topological polar surface area (TPSA) is 33.6 Å². The third-order valence-electron chi connectivity index (χ3n) is 1.43. The molecule has 3 heteroatoms. The van der Waals surface area contributed by atoms with Crippen LogP contribution >= 0.6 is 0 Å². The third kappa shape index (κ3) is 2.35. The maximum absolute atomic E-state index is 5.17. The summed E-state index contributed by atoms with van der Waals surface area (Å²) in [7, 11) is 0. The lowest BCUT2D eigenvalue weighted by molar-refractivity contribution is 0.155. The van der Waals surface area contributed by atoms with Gasteiger partial charge in [0.25, 0.3) is 0 Å². The smallest absolute Gasteiger partial charge is 0.0987 e. The predicted octanol–water partition coefficient (Wildman–Crippen LogP) is 0.415. The van der Waals surface area contributed by atoms with Crippen LogP contribution in [-0.4, -0.2) is 32.1 Å². The first-order valence-electron chi connectivity index (χ1n) is 3.78. The van der Waals surface area contributed by atoms with Gasteiger partial charge in [-0.15, -0.1) is 0 Å². The van der Waals surface area contributed by atoms with Crippen molar-refractivity contribution in [3.63, 3.8) is 0 Å². The van der Waals surface area contributed by atoms with Crippen LogP contribution in [0.15, 0.2) is 4.99 Å². The number of amidine groups is 1. The van der Waals surface area contributed by atoms with E-state index < -0.39 is 0 Å². The van der Waals surface area contributed by atoms with Crippen LogP contribution in [0.4, 0.5) is 0 Å². The number of hydrogen-bond donors (Lipinski definition) is 1. The van der Waals surface area contributed by atoms with Crippen molar-refractivity contribution in [2.24, 2.45) is 4.99 Å². The van der Waals surface area contributed by atoms with Crippen molar-refractivity contribution in [1.82, 2.24) is 5.32 Å². The quantitative estimate of drug-likeness (QED) is 0.577. The van der Waals surface area contributed by atoms with Crippen LogP contribution in [0.2, 0.25) is 0 Å². The summed E-state index contributed by atoms with van der Waals surface area (Å²) in [6.45, 7) is 5.53. The molecule has 0 aliphatic carbocycles. The first kappa shape index (κ1) is 7.54. The Morgan fingerprint density at radius 3 is 3.20 bits per heavy atom. The van der Waals surface area contributed by atoms with Gasteiger partial charge in [-0.1, -0.05) is 0 Å². The molecule has 0 saturated carbocycles. The fraction of sp³-hybridized carbons (Fsp3) is 0.857. The first-order chi connectivity index (χ1) is 4.93. The molecule has 0 aromatic carbocycles. The Hall–Kier alpha value is -0.570. The molecule has 58 valence electrons. The highest BCUT2D eigenvalue weighted by Crippen LogP contribution is 1.91. The minimum absolute atomic E-state index is 0.794.